The van der Waals surface area contributed by atoms with Crippen molar-refractivity contribution in [1.82, 2.24) is 10.2 Å². The van der Waals surface area contributed by atoms with Crippen LogP contribution < -0.4 is 5.32 Å². The fraction of sp³-hybridized carbons (Fsp3) is 0.350. The molecule has 1 N–H and O–H groups in total. The average Bonchev–Trinajstić information content (AvgIpc) is 2.60. The van der Waals surface area contributed by atoms with Gasteiger partial charge in [0.2, 0.25) is 5.91 Å². The molecule has 1 amide bonds. The molecule has 2 atom stereocenters. The topological polar surface area (TPSA) is 66.5 Å². The van der Waals surface area contributed by atoms with Crippen molar-refractivity contribution in [2.45, 2.75) is 30.8 Å². The number of sulfone groups is 1. The molecule has 0 saturated carbocycles. The second-order valence-electron chi connectivity index (χ2n) is 6.77. The van der Waals surface area contributed by atoms with Crippen LogP contribution in [-0.4, -0.2) is 39.1 Å². The van der Waals surface area contributed by atoms with Crippen molar-refractivity contribution in [2.75, 3.05) is 19.8 Å². The largest absolute Gasteiger partial charge is 0.348 e. The number of nitrogens with zero attached hydrogens (tertiary/aromatic N) is 1. The highest BCUT2D eigenvalue weighted by Gasteiger charge is 2.17. The van der Waals surface area contributed by atoms with Crippen molar-refractivity contribution in [3.63, 3.8) is 0 Å². The quantitative estimate of drug-likeness (QED) is 0.694. The molecule has 27 heavy (non-hydrogen) atoms. The number of benzene rings is 2. The maximum Gasteiger partial charge on any atom is 0.234 e. The van der Waals surface area contributed by atoms with Crippen LogP contribution in [0.2, 0.25) is 0 Å². The first-order valence-corrected chi connectivity index (χ1v) is 11.3. The number of hydrogen-bond donors (Lipinski definition) is 1. The van der Waals surface area contributed by atoms with Crippen molar-refractivity contribution in [3.05, 3.63) is 64.1 Å². The molecular weight excluding hydrogens is 428 g/mol. The van der Waals surface area contributed by atoms with Gasteiger partial charge >= 0.3 is 0 Å². The van der Waals surface area contributed by atoms with Gasteiger partial charge in [-0.3, -0.25) is 9.69 Å². The predicted octanol–water partition coefficient (Wildman–Crippen LogP) is 3.72. The normalized spacial score (nSPS) is 14.0. The summed E-state index contributed by atoms with van der Waals surface area (Å²) in [4.78, 5) is 14.6. The smallest absolute Gasteiger partial charge is 0.234 e. The van der Waals surface area contributed by atoms with E-state index in [1.165, 1.54) is 6.26 Å². The van der Waals surface area contributed by atoms with Crippen molar-refractivity contribution >= 4 is 31.7 Å². The van der Waals surface area contributed by atoms with E-state index in [9.17, 15) is 13.2 Å². The number of amides is 1. The Kier molecular flexibility index (Phi) is 7.19. The summed E-state index contributed by atoms with van der Waals surface area (Å²) in [5.41, 5.74) is 2.00. The van der Waals surface area contributed by atoms with Crippen LogP contribution >= 0.6 is 15.9 Å². The minimum Gasteiger partial charge on any atom is -0.348 e. The zero-order valence-corrected chi connectivity index (χ0v) is 18.3. The Hall–Kier alpha value is -1.70. The van der Waals surface area contributed by atoms with E-state index in [4.69, 9.17) is 0 Å². The van der Waals surface area contributed by atoms with E-state index >= 15 is 0 Å². The van der Waals surface area contributed by atoms with Gasteiger partial charge in [0.1, 0.15) is 0 Å². The average molecular weight is 453 g/mol. The van der Waals surface area contributed by atoms with Gasteiger partial charge in [-0.2, -0.15) is 0 Å². The SMILES string of the molecule is C[C@H](c1ccc(S(C)(=O)=O)cc1)N(C)CC(=O)N[C@H](C)c1ccc(Br)cc1. The molecular formula is C20H25BrN2O3S. The Morgan fingerprint density at radius 2 is 1.56 bits per heavy atom. The number of carbonyl (C=O) groups is 1. The maximum atomic E-state index is 12.4. The van der Waals surface area contributed by atoms with Gasteiger partial charge in [0.15, 0.2) is 9.84 Å². The second-order valence-corrected chi connectivity index (χ2v) is 9.70. The van der Waals surface area contributed by atoms with E-state index in [1.54, 1.807) is 24.3 Å². The number of nitrogens with one attached hydrogen (secondary N) is 1. The standard InChI is InChI=1S/C20H25BrN2O3S/c1-14(16-5-9-18(21)10-6-16)22-20(24)13-23(3)15(2)17-7-11-19(12-8-17)27(4,25)26/h5-12,14-15H,13H2,1-4H3,(H,22,24)/t14-,15-/m1/s1. The Labute approximate surface area is 169 Å². The van der Waals surface area contributed by atoms with Gasteiger partial charge in [-0.25, -0.2) is 8.42 Å². The van der Waals surface area contributed by atoms with Crippen LogP contribution in [0.5, 0.6) is 0 Å². The van der Waals surface area contributed by atoms with E-state index < -0.39 is 9.84 Å². The van der Waals surface area contributed by atoms with Gasteiger partial charge in [-0.1, -0.05) is 40.2 Å². The van der Waals surface area contributed by atoms with Crippen LogP contribution in [0, 0.1) is 0 Å². The third kappa shape index (κ3) is 6.16. The highest BCUT2D eigenvalue weighted by atomic mass is 79.9. The monoisotopic (exact) mass is 452 g/mol. The summed E-state index contributed by atoms with van der Waals surface area (Å²) in [6.07, 6.45) is 1.19. The minimum absolute atomic E-state index is 0.0210. The van der Waals surface area contributed by atoms with Crippen molar-refractivity contribution in [1.29, 1.82) is 0 Å². The highest BCUT2D eigenvalue weighted by molar-refractivity contribution is 9.10. The molecule has 5 nitrogen and oxygen atoms in total. The maximum absolute atomic E-state index is 12.4. The number of halogens is 1. The molecule has 0 aliphatic heterocycles. The first kappa shape index (κ1) is 21.6. The first-order chi connectivity index (χ1) is 12.6. The van der Waals surface area contributed by atoms with E-state index in [0.717, 1.165) is 15.6 Å². The summed E-state index contributed by atoms with van der Waals surface area (Å²) >= 11 is 3.40. The van der Waals surface area contributed by atoms with Crippen LogP contribution in [0.25, 0.3) is 0 Å². The fourth-order valence-electron chi connectivity index (χ4n) is 2.73. The summed E-state index contributed by atoms with van der Waals surface area (Å²) in [5.74, 6) is -0.0625. The molecule has 0 spiro atoms. The van der Waals surface area contributed by atoms with Crippen LogP contribution in [0.1, 0.15) is 37.1 Å². The Morgan fingerprint density at radius 1 is 1.04 bits per heavy atom. The molecule has 0 radical (unpaired) electrons. The lowest BCUT2D eigenvalue weighted by Gasteiger charge is -2.25. The van der Waals surface area contributed by atoms with Crippen LogP contribution in [0.15, 0.2) is 57.9 Å². The van der Waals surface area contributed by atoms with Crippen LogP contribution in [0.3, 0.4) is 0 Å². The van der Waals surface area contributed by atoms with Crippen LogP contribution in [-0.2, 0) is 14.6 Å². The van der Waals surface area contributed by atoms with Gasteiger partial charge in [0.25, 0.3) is 0 Å². The lowest BCUT2D eigenvalue weighted by atomic mass is 10.1. The zero-order chi connectivity index (χ0) is 20.2. The molecule has 2 rings (SSSR count). The number of rotatable bonds is 7. The van der Waals surface area contributed by atoms with Crippen molar-refractivity contribution in [2.24, 2.45) is 0 Å². The number of carbonyl (C=O) groups excluding carboxylic acids is 1. The number of likely N-dealkylation sites (N-methyl/N-ethyl adjacent to an activating group) is 1. The van der Waals surface area contributed by atoms with E-state index in [0.29, 0.717) is 4.90 Å². The molecule has 0 aromatic heterocycles. The van der Waals surface area contributed by atoms with E-state index in [1.807, 2.05) is 50.1 Å². The highest BCUT2D eigenvalue weighted by Crippen LogP contribution is 2.21. The summed E-state index contributed by atoms with van der Waals surface area (Å²) in [7, 11) is -1.33. The van der Waals surface area contributed by atoms with E-state index in [-0.39, 0.29) is 24.5 Å². The molecule has 0 fully saturated rings. The van der Waals surface area contributed by atoms with Crippen LogP contribution in [0.4, 0.5) is 0 Å². The summed E-state index contributed by atoms with van der Waals surface area (Å²) < 4.78 is 24.1. The Bertz CT molecular complexity index is 880. The molecule has 0 unspecified atom stereocenters. The Morgan fingerprint density at radius 3 is 2.07 bits per heavy atom. The molecule has 7 heteroatoms. The van der Waals surface area contributed by atoms with Gasteiger partial charge in [0.05, 0.1) is 17.5 Å². The molecule has 0 heterocycles. The van der Waals surface area contributed by atoms with Gasteiger partial charge in [-0.15, -0.1) is 0 Å². The molecule has 146 valence electrons. The fourth-order valence-corrected chi connectivity index (χ4v) is 3.63. The van der Waals surface area contributed by atoms with E-state index in [2.05, 4.69) is 21.2 Å². The van der Waals surface area contributed by atoms with Gasteiger partial charge < -0.3 is 5.32 Å². The molecule has 2 aromatic rings. The minimum atomic E-state index is -3.21. The van der Waals surface area contributed by atoms with Gasteiger partial charge in [-0.05, 0) is 56.3 Å². The van der Waals surface area contributed by atoms with Gasteiger partial charge in [0, 0.05) is 16.8 Å². The lowest BCUT2D eigenvalue weighted by Crippen LogP contribution is -2.37. The van der Waals surface area contributed by atoms with Crippen molar-refractivity contribution in [3.8, 4) is 0 Å². The summed E-state index contributed by atoms with van der Waals surface area (Å²) in [6.45, 7) is 4.19. The zero-order valence-electron chi connectivity index (χ0n) is 15.9. The lowest BCUT2D eigenvalue weighted by molar-refractivity contribution is -0.123. The molecule has 0 saturated heterocycles. The third-order valence-corrected chi connectivity index (χ3v) is 6.25. The number of hydrogen-bond acceptors (Lipinski definition) is 4. The summed E-state index contributed by atoms with van der Waals surface area (Å²) in [5, 5.41) is 3.01. The third-order valence-electron chi connectivity index (χ3n) is 4.59. The molecule has 0 bridgehead atoms. The second kappa shape index (κ2) is 8.99. The molecule has 2 aromatic carbocycles. The molecule has 0 aliphatic carbocycles. The predicted molar refractivity (Wildman–Crippen MR) is 111 cm³/mol. The summed E-state index contributed by atoms with van der Waals surface area (Å²) in [6, 6.07) is 14.5. The first-order valence-electron chi connectivity index (χ1n) is 8.63. The molecule has 0 aliphatic rings. The van der Waals surface area contributed by atoms with Crippen molar-refractivity contribution < 1.29 is 13.2 Å². The Balaban J connectivity index is 1.95.